The van der Waals surface area contributed by atoms with E-state index in [1.54, 1.807) is 13.0 Å². The number of rotatable bonds is 4. The zero-order valence-electron chi connectivity index (χ0n) is 9.96. The van der Waals surface area contributed by atoms with Gasteiger partial charge in [0.05, 0.1) is 5.56 Å². The maximum Gasteiger partial charge on any atom is 0.337 e. The molecule has 0 fully saturated rings. The lowest BCUT2D eigenvalue weighted by Crippen LogP contribution is -2.03. The average Bonchev–Trinajstić information content (AvgIpc) is 2.37. The van der Waals surface area contributed by atoms with Crippen molar-refractivity contribution in [2.75, 3.05) is 0 Å². The number of aryl methyl sites for hydroxylation is 1. The van der Waals surface area contributed by atoms with Crippen LogP contribution in [-0.2, 0) is 6.61 Å². The van der Waals surface area contributed by atoms with Crippen molar-refractivity contribution >= 4 is 5.97 Å². The summed E-state index contributed by atoms with van der Waals surface area (Å²) in [5.74, 6) is -0.545. The first kappa shape index (κ1) is 12.1. The highest BCUT2D eigenvalue weighted by molar-refractivity contribution is 5.88. The summed E-state index contributed by atoms with van der Waals surface area (Å²) in [5.41, 5.74) is 1.88. The number of carbonyl (C=O) groups is 1. The smallest absolute Gasteiger partial charge is 0.337 e. The quantitative estimate of drug-likeness (QED) is 0.896. The predicted octanol–water partition coefficient (Wildman–Crippen LogP) is 2.67. The molecule has 0 atom stereocenters. The van der Waals surface area contributed by atoms with Crippen molar-refractivity contribution in [3.63, 3.8) is 0 Å². The van der Waals surface area contributed by atoms with Gasteiger partial charge in [0, 0.05) is 12.3 Å². The average molecular weight is 243 g/mol. The van der Waals surface area contributed by atoms with Gasteiger partial charge in [-0.1, -0.05) is 30.3 Å². The molecule has 4 heteroatoms. The molecule has 0 unspecified atom stereocenters. The third-order valence-electron chi connectivity index (χ3n) is 2.55. The van der Waals surface area contributed by atoms with E-state index in [-0.39, 0.29) is 5.56 Å². The summed E-state index contributed by atoms with van der Waals surface area (Å²) in [6.07, 6.45) is 1.32. The first-order valence-electron chi connectivity index (χ1n) is 5.53. The van der Waals surface area contributed by atoms with Crippen molar-refractivity contribution in [2.24, 2.45) is 0 Å². The Morgan fingerprint density at radius 1 is 1.33 bits per heavy atom. The van der Waals surface area contributed by atoms with Crippen LogP contribution in [0.2, 0.25) is 0 Å². The molecule has 0 aliphatic heterocycles. The summed E-state index contributed by atoms with van der Waals surface area (Å²) in [6, 6.07) is 11.4. The van der Waals surface area contributed by atoms with Crippen molar-refractivity contribution in [1.82, 2.24) is 4.98 Å². The third-order valence-corrected chi connectivity index (χ3v) is 2.55. The molecule has 0 spiro atoms. The monoisotopic (exact) mass is 243 g/mol. The first-order valence-corrected chi connectivity index (χ1v) is 5.53. The first-order chi connectivity index (χ1) is 8.66. The van der Waals surface area contributed by atoms with Gasteiger partial charge in [0.2, 0.25) is 5.88 Å². The Hall–Kier alpha value is -2.36. The van der Waals surface area contributed by atoms with E-state index in [9.17, 15) is 4.79 Å². The standard InChI is InChI=1S/C14H13NO3/c1-10-7-13(15-8-12(10)14(16)17)18-9-11-5-3-2-4-6-11/h2-8H,9H2,1H3,(H,16,17). The predicted molar refractivity (Wildman–Crippen MR) is 66.7 cm³/mol. The molecular formula is C14H13NO3. The van der Waals surface area contributed by atoms with Crippen LogP contribution >= 0.6 is 0 Å². The Kier molecular flexibility index (Phi) is 3.57. The number of aromatic nitrogens is 1. The Labute approximate surface area is 105 Å². The SMILES string of the molecule is Cc1cc(OCc2ccccc2)ncc1C(=O)O. The molecule has 0 bridgehead atoms. The minimum absolute atomic E-state index is 0.196. The lowest BCUT2D eigenvalue weighted by Gasteiger charge is -2.07. The van der Waals surface area contributed by atoms with Gasteiger partial charge in [-0.3, -0.25) is 0 Å². The van der Waals surface area contributed by atoms with Crippen LogP contribution in [0.3, 0.4) is 0 Å². The van der Waals surface area contributed by atoms with E-state index in [0.717, 1.165) is 5.56 Å². The second-order valence-corrected chi connectivity index (χ2v) is 3.92. The van der Waals surface area contributed by atoms with Gasteiger partial charge in [0.25, 0.3) is 0 Å². The molecule has 0 aliphatic rings. The number of carboxylic acids is 1. The zero-order chi connectivity index (χ0) is 13.0. The number of hydrogen-bond acceptors (Lipinski definition) is 3. The van der Waals surface area contributed by atoms with Gasteiger partial charge in [0.15, 0.2) is 0 Å². The molecule has 1 aromatic carbocycles. The van der Waals surface area contributed by atoms with E-state index in [2.05, 4.69) is 4.98 Å². The van der Waals surface area contributed by atoms with E-state index in [1.165, 1.54) is 6.20 Å². The fraction of sp³-hybridized carbons (Fsp3) is 0.143. The fourth-order valence-electron chi connectivity index (χ4n) is 1.56. The maximum atomic E-state index is 10.8. The number of pyridine rings is 1. The molecule has 1 N–H and O–H groups in total. The number of ether oxygens (including phenoxy) is 1. The maximum absolute atomic E-state index is 10.8. The van der Waals surface area contributed by atoms with Crippen LogP contribution in [0.1, 0.15) is 21.5 Å². The Morgan fingerprint density at radius 2 is 2.06 bits per heavy atom. The van der Waals surface area contributed by atoms with Crippen molar-refractivity contribution in [3.8, 4) is 5.88 Å². The van der Waals surface area contributed by atoms with Gasteiger partial charge in [-0.25, -0.2) is 9.78 Å². The van der Waals surface area contributed by atoms with E-state index in [0.29, 0.717) is 18.1 Å². The molecule has 0 saturated carbocycles. The topological polar surface area (TPSA) is 59.4 Å². The van der Waals surface area contributed by atoms with Crippen molar-refractivity contribution < 1.29 is 14.6 Å². The van der Waals surface area contributed by atoms with Crippen LogP contribution in [0.25, 0.3) is 0 Å². The Balaban J connectivity index is 2.07. The lowest BCUT2D eigenvalue weighted by atomic mass is 10.1. The summed E-state index contributed by atoms with van der Waals surface area (Å²) in [7, 11) is 0. The molecule has 2 aromatic rings. The van der Waals surface area contributed by atoms with Crippen LogP contribution < -0.4 is 4.74 Å². The Morgan fingerprint density at radius 3 is 2.67 bits per heavy atom. The molecule has 4 nitrogen and oxygen atoms in total. The van der Waals surface area contributed by atoms with Crippen LogP contribution in [0.5, 0.6) is 5.88 Å². The van der Waals surface area contributed by atoms with Crippen LogP contribution in [0.15, 0.2) is 42.6 Å². The summed E-state index contributed by atoms with van der Waals surface area (Å²) in [4.78, 5) is 14.8. The molecule has 0 aliphatic carbocycles. The third kappa shape index (κ3) is 2.85. The molecule has 0 amide bonds. The van der Waals surface area contributed by atoms with E-state index < -0.39 is 5.97 Å². The fourth-order valence-corrected chi connectivity index (χ4v) is 1.56. The van der Waals surface area contributed by atoms with Crippen LogP contribution in [0, 0.1) is 6.92 Å². The Bertz CT molecular complexity index is 552. The molecule has 0 saturated heterocycles. The van der Waals surface area contributed by atoms with Gasteiger partial charge < -0.3 is 9.84 Å². The molecule has 0 radical (unpaired) electrons. The second kappa shape index (κ2) is 5.31. The van der Waals surface area contributed by atoms with Crippen LogP contribution in [-0.4, -0.2) is 16.1 Å². The van der Waals surface area contributed by atoms with Crippen LogP contribution in [0.4, 0.5) is 0 Å². The molecule has 1 aromatic heterocycles. The number of aromatic carboxylic acids is 1. The minimum atomic E-state index is -0.977. The largest absolute Gasteiger partial charge is 0.478 e. The van der Waals surface area contributed by atoms with E-state index >= 15 is 0 Å². The number of hydrogen-bond donors (Lipinski definition) is 1. The number of nitrogens with zero attached hydrogens (tertiary/aromatic N) is 1. The molecule has 18 heavy (non-hydrogen) atoms. The highest BCUT2D eigenvalue weighted by atomic mass is 16.5. The normalized spacial score (nSPS) is 10.1. The summed E-state index contributed by atoms with van der Waals surface area (Å²) < 4.78 is 5.50. The zero-order valence-corrected chi connectivity index (χ0v) is 9.96. The lowest BCUT2D eigenvalue weighted by molar-refractivity contribution is 0.0695. The minimum Gasteiger partial charge on any atom is -0.478 e. The molecular weight excluding hydrogens is 230 g/mol. The highest BCUT2D eigenvalue weighted by Crippen LogP contribution is 2.15. The summed E-state index contributed by atoms with van der Waals surface area (Å²) >= 11 is 0. The molecule has 92 valence electrons. The molecule has 2 rings (SSSR count). The van der Waals surface area contributed by atoms with Gasteiger partial charge in [-0.2, -0.15) is 0 Å². The molecule has 1 heterocycles. The van der Waals surface area contributed by atoms with Crippen molar-refractivity contribution in [1.29, 1.82) is 0 Å². The summed E-state index contributed by atoms with van der Waals surface area (Å²) in [5, 5.41) is 8.88. The highest BCUT2D eigenvalue weighted by Gasteiger charge is 2.08. The van der Waals surface area contributed by atoms with E-state index in [1.807, 2.05) is 30.3 Å². The number of carboxylic acid groups (broad SMARTS) is 1. The van der Waals surface area contributed by atoms with Gasteiger partial charge in [-0.05, 0) is 18.1 Å². The van der Waals surface area contributed by atoms with Gasteiger partial charge in [-0.15, -0.1) is 0 Å². The van der Waals surface area contributed by atoms with Gasteiger partial charge >= 0.3 is 5.97 Å². The second-order valence-electron chi connectivity index (χ2n) is 3.92. The van der Waals surface area contributed by atoms with Crippen molar-refractivity contribution in [2.45, 2.75) is 13.5 Å². The van der Waals surface area contributed by atoms with E-state index in [4.69, 9.17) is 9.84 Å². The van der Waals surface area contributed by atoms with Crippen molar-refractivity contribution in [3.05, 3.63) is 59.3 Å². The van der Waals surface area contributed by atoms with Gasteiger partial charge in [0.1, 0.15) is 6.61 Å². The summed E-state index contributed by atoms with van der Waals surface area (Å²) in [6.45, 7) is 2.14. The number of benzene rings is 1.